The van der Waals surface area contributed by atoms with E-state index >= 15 is 0 Å². The molecule has 1 atom stereocenters. The van der Waals surface area contributed by atoms with Gasteiger partial charge in [0.15, 0.2) is 0 Å². The van der Waals surface area contributed by atoms with Crippen molar-refractivity contribution in [1.82, 2.24) is 0 Å². The molecule has 0 amide bonds. The van der Waals surface area contributed by atoms with Gasteiger partial charge in [0.05, 0.1) is 6.54 Å². The SMILES string of the molecule is O=NCCC1CCC=CCCC1. The molecule has 0 saturated carbocycles. The third kappa shape index (κ3) is 3.65. The minimum Gasteiger partial charge on any atom is -0.151 e. The third-order valence-electron chi connectivity index (χ3n) is 2.52. The molecule has 0 heterocycles. The first kappa shape index (κ1) is 9.43. The van der Waals surface area contributed by atoms with Gasteiger partial charge in [-0.25, -0.2) is 0 Å². The van der Waals surface area contributed by atoms with Crippen LogP contribution in [0.5, 0.6) is 0 Å². The Hall–Kier alpha value is -0.660. The molecule has 0 spiro atoms. The van der Waals surface area contributed by atoms with E-state index in [1.54, 1.807) is 0 Å². The van der Waals surface area contributed by atoms with Gasteiger partial charge in [-0.15, -0.1) is 0 Å². The molecule has 0 aliphatic heterocycles. The predicted molar refractivity (Wildman–Crippen MR) is 51.0 cm³/mol. The van der Waals surface area contributed by atoms with Gasteiger partial charge in [0, 0.05) is 0 Å². The zero-order valence-corrected chi connectivity index (χ0v) is 7.54. The van der Waals surface area contributed by atoms with Crippen molar-refractivity contribution in [3.63, 3.8) is 0 Å². The predicted octanol–water partition coefficient (Wildman–Crippen LogP) is 3.28. The van der Waals surface area contributed by atoms with Gasteiger partial charge in [-0.05, 0) is 38.0 Å². The quantitative estimate of drug-likeness (QED) is 0.468. The lowest BCUT2D eigenvalue weighted by molar-refractivity contribution is 0.412. The normalized spacial score (nSPS) is 24.5. The van der Waals surface area contributed by atoms with Crippen LogP contribution in [0.25, 0.3) is 0 Å². The van der Waals surface area contributed by atoms with Crippen LogP contribution in [-0.4, -0.2) is 6.54 Å². The molecule has 2 heteroatoms. The van der Waals surface area contributed by atoms with Crippen molar-refractivity contribution >= 4 is 0 Å². The molecule has 1 aliphatic rings. The standard InChI is InChI=1S/C10H17NO/c12-11-9-8-10-6-4-2-1-3-5-7-10/h1-2,10H,3-9H2. The van der Waals surface area contributed by atoms with Crippen molar-refractivity contribution in [2.45, 2.75) is 38.5 Å². The van der Waals surface area contributed by atoms with Gasteiger partial charge in [-0.1, -0.05) is 23.7 Å². The molecule has 0 saturated heterocycles. The lowest BCUT2D eigenvalue weighted by Crippen LogP contribution is -2.03. The van der Waals surface area contributed by atoms with Crippen LogP contribution in [0.3, 0.4) is 0 Å². The summed E-state index contributed by atoms with van der Waals surface area (Å²) < 4.78 is 0. The summed E-state index contributed by atoms with van der Waals surface area (Å²) in [6.45, 7) is 0.508. The maximum atomic E-state index is 9.94. The molecule has 12 heavy (non-hydrogen) atoms. The van der Waals surface area contributed by atoms with Crippen LogP contribution in [0, 0.1) is 10.8 Å². The van der Waals surface area contributed by atoms with Crippen LogP contribution in [0.15, 0.2) is 17.3 Å². The van der Waals surface area contributed by atoms with E-state index < -0.39 is 0 Å². The fraction of sp³-hybridized carbons (Fsp3) is 0.800. The molecule has 0 aromatic heterocycles. The van der Waals surface area contributed by atoms with Gasteiger partial charge in [0.25, 0.3) is 0 Å². The molecule has 1 rings (SSSR count). The van der Waals surface area contributed by atoms with Crippen molar-refractivity contribution in [2.24, 2.45) is 11.1 Å². The zero-order valence-electron chi connectivity index (χ0n) is 7.54. The van der Waals surface area contributed by atoms with E-state index in [2.05, 4.69) is 17.3 Å². The van der Waals surface area contributed by atoms with Crippen molar-refractivity contribution in [1.29, 1.82) is 0 Å². The second kappa shape index (κ2) is 5.92. The first-order chi connectivity index (χ1) is 5.93. The van der Waals surface area contributed by atoms with Crippen molar-refractivity contribution < 1.29 is 0 Å². The molecular weight excluding hydrogens is 150 g/mol. The number of nitroso groups, excluding NO2 is 1. The molecular formula is C10H17NO. The fourth-order valence-electron chi connectivity index (χ4n) is 1.76. The monoisotopic (exact) mass is 167 g/mol. The summed E-state index contributed by atoms with van der Waals surface area (Å²) in [4.78, 5) is 9.94. The Morgan fingerprint density at radius 3 is 2.92 bits per heavy atom. The van der Waals surface area contributed by atoms with Gasteiger partial charge in [0.2, 0.25) is 0 Å². The summed E-state index contributed by atoms with van der Waals surface area (Å²) in [6.07, 6.45) is 11.7. The van der Waals surface area contributed by atoms with Crippen molar-refractivity contribution in [3.8, 4) is 0 Å². The smallest absolute Gasteiger partial charge is 0.0813 e. The van der Waals surface area contributed by atoms with Gasteiger partial charge in [-0.3, -0.25) is 0 Å². The average Bonchev–Trinajstić information content (AvgIpc) is 2.02. The molecule has 0 fully saturated rings. The van der Waals surface area contributed by atoms with E-state index in [1.807, 2.05) is 0 Å². The molecule has 0 aromatic rings. The summed E-state index contributed by atoms with van der Waals surface area (Å²) in [7, 11) is 0. The summed E-state index contributed by atoms with van der Waals surface area (Å²) in [6, 6.07) is 0. The molecule has 0 bridgehead atoms. The minimum atomic E-state index is 0.508. The second-order valence-electron chi connectivity index (χ2n) is 3.49. The van der Waals surface area contributed by atoms with Crippen LogP contribution in [0.2, 0.25) is 0 Å². The van der Waals surface area contributed by atoms with Crippen molar-refractivity contribution in [2.75, 3.05) is 6.54 Å². The number of hydrogen-bond donors (Lipinski definition) is 0. The molecule has 1 aliphatic carbocycles. The summed E-state index contributed by atoms with van der Waals surface area (Å²) in [5.41, 5.74) is 0. The first-order valence-electron chi connectivity index (χ1n) is 4.87. The molecule has 68 valence electrons. The highest BCUT2D eigenvalue weighted by Crippen LogP contribution is 2.21. The van der Waals surface area contributed by atoms with Crippen LogP contribution < -0.4 is 0 Å². The number of rotatable bonds is 3. The molecule has 2 nitrogen and oxygen atoms in total. The van der Waals surface area contributed by atoms with Crippen LogP contribution in [0.4, 0.5) is 0 Å². The molecule has 0 radical (unpaired) electrons. The van der Waals surface area contributed by atoms with Crippen molar-refractivity contribution in [3.05, 3.63) is 17.1 Å². The van der Waals surface area contributed by atoms with Gasteiger partial charge in [-0.2, -0.15) is 4.91 Å². The minimum absolute atomic E-state index is 0.508. The van der Waals surface area contributed by atoms with Crippen LogP contribution >= 0.6 is 0 Å². The average molecular weight is 167 g/mol. The lowest BCUT2D eigenvalue weighted by Gasteiger charge is -2.15. The number of nitrogens with zero attached hydrogens (tertiary/aromatic N) is 1. The van der Waals surface area contributed by atoms with E-state index in [9.17, 15) is 4.91 Å². The maximum Gasteiger partial charge on any atom is 0.0813 e. The van der Waals surface area contributed by atoms with E-state index in [0.29, 0.717) is 6.54 Å². The fourth-order valence-corrected chi connectivity index (χ4v) is 1.76. The summed E-state index contributed by atoms with van der Waals surface area (Å²) in [5, 5.41) is 2.92. The lowest BCUT2D eigenvalue weighted by atomic mass is 9.91. The van der Waals surface area contributed by atoms with Gasteiger partial charge in [0.1, 0.15) is 0 Å². The van der Waals surface area contributed by atoms with Crippen LogP contribution in [0.1, 0.15) is 38.5 Å². The van der Waals surface area contributed by atoms with E-state index in [1.165, 1.54) is 32.1 Å². The van der Waals surface area contributed by atoms with Gasteiger partial charge < -0.3 is 0 Å². The highest BCUT2D eigenvalue weighted by molar-refractivity contribution is 4.84. The Bertz CT molecular complexity index is 154. The number of allylic oxidation sites excluding steroid dienone is 2. The second-order valence-corrected chi connectivity index (χ2v) is 3.49. The highest BCUT2D eigenvalue weighted by Gasteiger charge is 2.08. The molecule has 0 aromatic carbocycles. The third-order valence-corrected chi connectivity index (χ3v) is 2.52. The summed E-state index contributed by atoms with van der Waals surface area (Å²) >= 11 is 0. The van der Waals surface area contributed by atoms with Gasteiger partial charge >= 0.3 is 0 Å². The van der Waals surface area contributed by atoms with E-state index in [0.717, 1.165) is 12.3 Å². The first-order valence-corrected chi connectivity index (χ1v) is 4.87. The maximum absolute atomic E-state index is 9.94. The van der Waals surface area contributed by atoms with Crippen LogP contribution in [-0.2, 0) is 0 Å². The Balaban J connectivity index is 2.22. The van der Waals surface area contributed by atoms with E-state index in [-0.39, 0.29) is 0 Å². The zero-order chi connectivity index (χ0) is 8.65. The number of hydrogen-bond acceptors (Lipinski definition) is 2. The largest absolute Gasteiger partial charge is 0.151 e. The molecule has 1 unspecified atom stereocenters. The topological polar surface area (TPSA) is 29.4 Å². The Morgan fingerprint density at radius 1 is 1.25 bits per heavy atom. The van der Waals surface area contributed by atoms with E-state index in [4.69, 9.17) is 0 Å². The Kier molecular flexibility index (Phi) is 4.65. The Morgan fingerprint density at radius 2 is 2.08 bits per heavy atom. The Labute approximate surface area is 74.0 Å². The summed E-state index contributed by atoms with van der Waals surface area (Å²) in [5.74, 6) is 0.743. The molecule has 0 N–H and O–H groups in total. The highest BCUT2D eigenvalue weighted by atomic mass is 16.3.